The lowest BCUT2D eigenvalue weighted by Gasteiger charge is -2.30. The Kier molecular flexibility index (Phi) is 5.54. The van der Waals surface area contributed by atoms with Gasteiger partial charge in [-0.3, -0.25) is 9.69 Å². The molecule has 0 spiro atoms. The molecule has 0 aromatic heterocycles. The summed E-state index contributed by atoms with van der Waals surface area (Å²) in [6.45, 7) is 1.82. The summed E-state index contributed by atoms with van der Waals surface area (Å²) < 4.78 is 13.7. The van der Waals surface area contributed by atoms with E-state index in [2.05, 4.69) is 20.8 Å². The predicted octanol–water partition coefficient (Wildman–Crippen LogP) is 3.98. The Labute approximate surface area is 126 Å². The lowest BCUT2D eigenvalue weighted by molar-refractivity contribution is -0.138. The van der Waals surface area contributed by atoms with Gasteiger partial charge in [0.1, 0.15) is 5.82 Å². The first-order chi connectivity index (χ1) is 9.58. The fraction of sp³-hybridized carbons (Fsp3) is 0.533. The fourth-order valence-electron chi connectivity index (χ4n) is 2.75. The van der Waals surface area contributed by atoms with Crippen molar-refractivity contribution >= 4 is 21.9 Å². The predicted molar refractivity (Wildman–Crippen MR) is 79.1 cm³/mol. The molecule has 5 heteroatoms. The largest absolute Gasteiger partial charge is 0.481 e. The summed E-state index contributed by atoms with van der Waals surface area (Å²) in [7, 11) is 0. The van der Waals surface area contributed by atoms with Crippen LogP contribution in [0.25, 0.3) is 0 Å². The summed E-state index contributed by atoms with van der Waals surface area (Å²) in [6.07, 6.45) is 4.64. The summed E-state index contributed by atoms with van der Waals surface area (Å²) >= 11 is 3.18. The number of aliphatic carboxylic acids is 1. The van der Waals surface area contributed by atoms with E-state index in [4.69, 9.17) is 5.11 Å². The average molecular weight is 344 g/mol. The van der Waals surface area contributed by atoms with Gasteiger partial charge in [-0.2, -0.15) is 0 Å². The van der Waals surface area contributed by atoms with Crippen LogP contribution in [0.2, 0.25) is 0 Å². The Bertz CT molecular complexity index is 473. The minimum Gasteiger partial charge on any atom is -0.481 e. The van der Waals surface area contributed by atoms with Crippen LogP contribution in [0.5, 0.6) is 0 Å². The SMILES string of the molecule is O=C(O)CC(c1ccc(F)c(Br)c1)N1CCCCCC1. The maximum Gasteiger partial charge on any atom is 0.305 e. The van der Waals surface area contributed by atoms with Crippen LogP contribution >= 0.6 is 15.9 Å². The molecule has 1 saturated heterocycles. The van der Waals surface area contributed by atoms with Crippen LogP contribution in [0, 0.1) is 5.82 Å². The molecule has 0 aliphatic carbocycles. The van der Waals surface area contributed by atoms with E-state index >= 15 is 0 Å². The van der Waals surface area contributed by atoms with Crippen LogP contribution in [-0.2, 0) is 4.79 Å². The zero-order valence-corrected chi connectivity index (χ0v) is 12.9. The van der Waals surface area contributed by atoms with Gasteiger partial charge in [0.2, 0.25) is 0 Å². The summed E-state index contributed by atoms with van der Waals surface area (Å²) in [5, 5.41) is 9.16. The first-order valence-electron chi connectivity index (χ1n) is 6.98. The van der Waals surface area contributed by atoms with Gasteiger partial charge in [-0.15, -0.1) is 0 Å². The van der Waals surface area contributed by atoms with E-state index in [0.717, 1.165) is 31.5 Å². The number of likely N-dealkylation sites (tertiary alicyclic amines) is 1. The Morgan fingerprint density at radius 1 is 1.30 bits per heavy atom. The molecular formula is C15H19BrFNO2. The maximum atomic E-state index is 13.4. The number of hydrogen-bond donors (Lipinski definition) is 1. The first kappa shape index (κ1) is 15.4. The second kappa shape index (κ2) is 7.18. The van der Waals surface area contributed by atoms with Crippen LogP contribution < -0.4 is 0 Å². The molecule has 1 unspecified atom stereocenters. The van der Waals surface area contributed by atoms with Crippen molar-refractivity contribution in [2.45, 2.75) is 38.1 Å². The van der Waals surface area contributed by atoms with E-state index < -0.39 is 5.97 Å². The summed E-state index contributed by atoms with van der Waals surface area (Å²) in [6, 6.07) is 4.61. The van der Waals surface area contributed by atoms with Crippen molar-refractivity contribution in [2.75, 3.05) is 13.1 Å². The Morgan fingerprint density at radius 2 is 1.95 bits per heavy atom. The molecule has 20 heavy (non-hydrogen) atoms. The van der Waals surface area contributed by atoms with Gasteiger partial charge in [-0.05, 0) is 59.6 Å². The molecule has 1 heterocycles. The normalized spacial score (nSPS) is 18.5. The number of carboxylic acids is 1. The second-order valence-electron chi connectivity index (χ2n) is 5.24. The van der Waals surface area contributed by atoms with Gasteiger partial charge in [0.15, 0.2) is 0 Å². The summed E-state index contributed by atoms with van der Waals surface area (Å²) in [5.41, 5.74) is 0.863. The average Bonchev–Trinajstić information content (AvgIpc) is 2.68. The van der Waals surface area contributed by atoms with Crippen LogP contribution in [0.15, 0.2) is 22.7 Å². The van der Waals surface area contributed by atoms with Gasteiger partial charge in [-0.1, -0.05) is 18.9 Å². The number of hydrogen-bond acceptors (Lipinski definition) is 2. The Balaban J connectivity index is 2.25. The van der Waals surface area contributed by atoms with Gasteiger partial charge < -0.3 is 5.11 Å². The zero-order valence-electron chi connectivity index (χ0n) is 11.3. The van der Waals surface area contributed by atoms with Gasteiger partial charge in [0.25, 0.3) is 0 Å². The third kappa shape index (κ3) is 4.03. The highest BCUT2D eigenvalue weighted by atomic mass is 79.9. The van der Waals surface area contributed by atoms with Crippen molar-refractivity contribution in [1.29, 1.82) is 0 Å². The highest BCUT2D eigenvalue weighted by Crippen LogP contribution is 2.30. The molecule has 1 aliphatic rings. The zero-order chi connectivity index (χ0) is 14.5. The molecule has 1 aromatic rings. The molecule has 110 valence electrons. The van der Waals surface area contributed by atoms with E-state index in [1.165, 1.54) is 18.9 Å². The van der Waals surface area contributed by atoms with E-state index in [0.29, 0.717) is 4.47 Å². The summed E-state index contributed by atoms with van der Waals surface area (Å²) in [4.78, 5) is 13.4. The monoisotopic (exact) mass is 343 g/mol. The smallest absolute Gasteiger partial charge is 0.305 e. The number of nitrogens with zero attached hydrogens (tertiary/aromatic N) is 1. The van der Waals surface area contributed by atoms with E-state index in [1.54, 1.807) is 12.1 Å². The molecule has 1 atom stereocenters. The lowest BCUT2D eigenvalue weighted by atomic mass is 10.0. The number of rotatable bonds is 4. The van der Waals surface area contributed by atoms with Gasteiger partial charge in [0.05, 0.1) is 10.9 Å². The standard InChI is InChI=1S/C15H19BrFNO2/c16-12-9-11(5-6-13(12)17)14(10-15(19)20)18-7-3-1-2-4-8-18/h5-6,9,14H,1-4,7-8,10H2,(H,19,20). The third-order valence-electron chi connectivity index (χ3n) is 3.78. The topological polar surface area (TPSA) is 40.5 Å². The van der Waals surface area contributed by atoms with E-state index in [-0.39, 0.29) is 18.3 Å². The first-order valence-corrected chi connectivity index (χ1v) is 7.78. The molecule has 1 fully saturated rings. The molecular weight excluding hydrogens is 325 g/mol. The number of carboxylic acid groups (broad SMARTS) is 1. The molecule has 1 aromatic carbocycles. The van der Waals surface area contributed by atoms with Crippen molar-refractivity contribution in [3.63, 3.8) is 0 Å². The van der Waals surface area contributed by atoms with Gasteiger partial charge >= 0.3 is 5.97 Å². The van der Waals surface area contributed by atoms with Crippen molar-refractivity contribution in [1.82, 2.24) is 4.90 Å². The van der Waals surface area contributed by atoms with E-state index in [9.17, 15) is 9.18 Å². The van der Waals surface area contributed by atoms with Crippen LogP contribution in [0.3, 0.4) is 0 Å². The van der Waals surface area contributed by atoms with Gasteiger partial charge in [-0.25, -0.2) is 4.39 Å². The van der Waals surface area contributed by atoms with Gasteiger partial charge in [0, 0.05) is 6.04 Å². The van der Waals surface area contributed by atoms with Crippen LogP contribution in [0.4, 0.5) is 4.39 Å². The molecule has 0 bridgehead atoms. The molecule has 0 saturated carbocycles. The van der Waals surface area contributed by atoms with Crippen LogP contribution in [-0.4, -0.2) is 29.1 Å². The minimum absolute atomic E-state index is 0.0536. The number of carbonyl (C=O) groups is 1. The Hall–Kier alpha value is -0.940. The highest BCUT2D eigenvalue weighted by Gasteiger charge is 2.24. The minimum atomic E-state index is -0.820. The Morgan fingerprint density at radius 3 is 2.50 bits per heavy atom. The highest BCUT2D eigenvalue weighted by molar-refractivity contribution is 9.10. The molecule has 1 aliphatic heterocycles. The van der Waals surface area contributed by atoms with Crippen molar-refractivity contribution in [3.8, 4) is 0 Å². The lowest BCUT2D eigenvalue weighted by Crippen LogP contribution is -2.31. The van der Waals surface area contributed by atoms with Crippen molar-refractivity contribution in [3.05, 3.63) is 34.1 Å². The molecule has 2 rings (SSSR count). The molecule has 0 amide bonds. The van der Waals surface area contributed by atoms with Crippen LogP contribution in [0.1, 0.15) is 43.7 Å². The number of halogens is 2. The van der Waals surface area contributed by atoms with E-state index in [1.807, 2.05) is 0 Å². The molecule has 0 radical (unpaired) electrons. The van der Waals surface area contributed by atoms with Crippen molar-refractivity contribution in [2.24, 2.45) is 0 Å². The second-order valence-corrected chi connectivity index (χ2v) is 6.09. The molecule has 1 N–H and O–H groups in total. The summed E-state index contributed by atoms with van der Waals surface area (Å²) in [5.74, 6) is -1.14. The quantitative estimate of drug-likeness (QED) is 0.898. The fourth-order valence-corrected chi connectivity index (χ4v) is 3.15. The van der Waals surface area contributed by atoms with Crippen molar-refractivity contribution < 1.29 is 14.3 Å². The maximum absolute atomic E-state index is 13.4. The number of benzene rings is 1. The third-order valence-corrected chi connectivity index (χ3v) is 4.39. The molecule has 3 nitrogen and oxygen atoms in total.